The van der Waals surface area contributed by atoms with Crippen molar-refractivity contribution in [2.45, 2.75) is 19.8 Å². The van der Waals surface area contributed by atoms with Gasteiger partial charge in [0.05, 0.1) is 13.2 Å². The van der Waals surface area contributed by atoms with Crippen molar-refractivity contribution in [2.24, 2.45) is 0 Å². The van der Waals surface area contributed by atoms with Gasteiger partial charge in [0.1, 0.15) is 0 Å². The van der Waals surface area contributed by atoms with Gasteiger partial charge in [-0.05, 0) is 25.5 Å². The van der Waals surface area contributed by atoms with Gasteiger partial charge >= 0.3 is 5.97 Å². The fourth-order valence-corrected chi connectivity index (χ4v) is 1.16. The summed E-state index contributed by atoms with van der Waals surface area (Å²) in [6.07, 6.45) is 2.56. The van der Waals surface area contributed by atoms with Crippen LogP contribution in [0.3, 0.4) is 0 Å². The van der Waals surface area contributed by atoms with E-state index in [4.69, 9.17) is 15.2 Å². The van der Waals surface area contributed by atoms with Gasteiger partial charge in [-0.2, -0.15) is 0 Å². The minimum absolute atomic E-state index is 0.203. The number of rotatable bonds is 6. The Balaban J connectivity index is 2.21. The van der Waals surface area contributed by atoms with Gasteiger partial charge in [-0.1, -0.05) is 0 Å². The Labute approximate surface area is 94.6 Å². The summed E-state index contributed by atoms with van der Waals surface area (Å²) in [6, 6.07) is 3.49. The summed E-state index contributed by atoms with van der Waals surface area (Å²) in [7, 11) is 0. The van der Waals surface area contributed by atoms with E-state index in [0.717, 1.165) is 0 Å². The van der Waals surface area contributed by atoms with Crippen LogP contribution in [0.25, 0.3) is 0 Å². The third kappa shape index (κ3) is 4.16. The molecule has 0 aliphatic heterocycles. The van der Waals surface area contributed by atoms with Gasteiger partial charge in [-0.3, -0.25) is 4.79 Å². The molecular formula is C11H16N2O3. The number of nitrogen functional groups attached to an aromatic ring is 1. The highest BCUT2D eigenvalue weighted by Gasteiger charge is 2.03. The fraction of sp³-hybridized carbons (Fsp3) is 0.455. The molecule has 0 spiro atoms. The number of ether oxygens (including phenoxy) is 2. The molecule has 88 valence electrons. The molecule has 0 aromatic carbocycles. The van der Waals surface area contributed by atoms with Crippen molar-refractivity contribution in [2.75, 3.05) is 18.9 Å². The summed E-state index contributed by atoms with van der Waals surface area (Å²) in [4.78, 5) is 14.9. The van der Waals surface area contributed by atoms with Crippen LogP contribution < -0.4 is 10.5 Å². The molecule has 0 unspecified atom stereocenters. The molecule has 0 amide bonds. The van der Waals surface area contributed by atoms with Crippen LogP contribution in [0.4, 0.5) is 5.82 Å². The Kier molecular flexibility index (Phi) is 5.11. The monoisotopic (exact) mass is 224 g/mol. The quantitative estimate of drug-likeness (QED) is 0.583. The van der Waals surface area contributed by atoms with Crippen LogP contribution in [-0.4, -0.2) is 24.2 Å². The number of anilines is 1. The molecular weight excluding hydrogens is 208 g/mol. The number of nitrogens with zero attached hydrogens (tertiary/aromatic N) is 1. The van der Waals surface area contributed by atoms with Crippen LogP contribution in [0, 0.1) is 0 Å². The first-order valence-electron chi connectivity index (χ1n) is 5.23. The van der Waals surface area contributed by atoms with Crippen molar-refractivity contribution >= 4 is 11.8 Å². The van der Waals surface area contributed by atoms with Crippen LogP contribution in [0.1, 0.15) is 19.8 Å². The highest BCUT2D eigenvalue weighted by atomic mass is 16.5. The molecule has 0 saturated heterocycles. The maximum atomic E-state index is 11.0. The largest absolute Gasteiger partial charge is 0.490 e. The number of pyridine rings is 1. The molecule has 0 saturated carbocycles. The van der Waals surface area contributed by atoms with Crippen molar-refractivity contribution in [1.29, 1.82) is 0 Å². The smallest absolute Gasteiger partial charge is 0.305 e. The van der Waals surface area contributed by atoms with Gasteiger partial charge < -0.3 is 15.2 Å². The van der Waals surface area contributed by atoms with Gasteiger partial charge in [0.2, 0.25) is 0 Å². The Hall–Kier alpha value is -1.78. The Bertz CT molecular complexity index is 342. The number of hydrogen-bond donors (Lipinski definition) is 1. The molecule has 0 aliphatic carbocycles. The molecule has 2 N–H and O–H groups in total. The third-order valence-corrected chi connectivity index (χ3v) is 1.89. The van der Waals surface area contributed by atoms with Gasteiger partial charge in [-0.15, -0.1) is 0 Å². The predicted molar refractivity (Wildman–Crippen MR) is 60.0 cm³/mol. The second kappa shape index (κ2) is 6.66. The maximum Gasteiger partial charge on any atom is 0.305 e. The van der Waals surface area contributed by atoms with Crippen LogP contribution in [-0.2, 0) is 9.53 Å². The summed E-state index contributed by atoms with van der Waals surface area (Å²) in [5, 5.41) is 0. The number of carbonyl (C=O) groups is 1. The normalized spacial score (nSPS) is 9.81. The molecule has 0 radical (unpaired) electrons. The highest BCUT2D eigenvalue weighted by Crippen LogP contribution is 2.16. The first kappa shape index (κ1) is 12.3. The molecule has 1 aromatic heterocycles. The molecule has 5 nitrogen and oxygen atoms in total. The van der Waals surface area contributed by atoms with Crippen molar-refractivity contribution in [3.05, 3.63) is 18.3 Å². The van der Waals surface area contributed by atoms with E-state index in [9.17, 15) is 4.79 Å². The number of aromatic nitrogens is 1. The summed E-state index contributed by atoms with van der Waals surface area (Å²) < 4.78 is 10.2. The first-order valence-corrected chi connectivity index (χ1v) is 5.23. The molecule has 0 fully saturated rings. The number of nitrogens with two attached hydrogens (primary N) is 1. The van der Waals surface area contributed by atoms with Gasteiger partial charge in [0, 0.05) is 12.6 Å². The van der Waals surface area contributed by atoms with Crippen molar-refractivity contribution in [1.82, 2.24) is 4.98 Å². The standard InChI is InChI=1S/C11H16N2O3/c1-2-15-10(14)6-4-8-16-9-5-3-7-13-11(9)12/h3,5,7H,2,4,6,8H2,1H3,(H2,12,13). The molecule has 1 heterocycles. The lowest BCUT2D eigenvalue weighted by Crippen LogP contribution is -2.07. The van der Waals surface area contributed by atoms with Gasteiger partial charge in [0.15, 0.2) is 11.6 Å². The van der Waals surface area contributed by atoms with E-state index in [1.807, 2.05) is 0 Å². The zero-order valence-corrected chi connectivity index (χ0v) is 9.31. The van der Waals surface area contributed by atoms with Crippen molar-refractivity contribution in [3.8, 4) is 5.75 Å². The number of esters is 1. The zero-order chi connectivity index (χ0) is 11.8. The average molecular weight is 224 g/mol. The summed E-state index contributed by atoms with van der Waals surface area (Å²) >= 11 is 0. The Morgan fingerprint density at radius 3 is 3.06 bits per heavy atom. The Morgan fingerprint density at radius 1 is 1.56 bits per heavy atom. The van der Waals surface area contributed by atoms with Crippen LogP contribution in [0.2, 0.25) is 0 Å². The molecule has 1 aromatic rings. The first-order chi connectivity index (χ1) is 7.74. The molecule has 0 aliphatic rings. The molecule has 0 atom stereocenters. The van der Waals surface area contributed by atoms with E-state index in [2.05, 4.69) is 4.98 Å². The number of hydrogen-bond acceptors (Lipinski definition) is 5. The zero-order valence-electron chi connectivity index (χ0n) is 9.31. The number of carbonyl (C=O) groups excluding carboxylic acids is 1. The van der Waals surface area contributed by atoms with Crippen LogP contribution in [0.5, 0.6) is 5.75 Å². The summed E-state index contributed by atoms with van der Waals surface area (Å²) in [5.74, 6) is 0.704. The van der Waals surface area contributed by atoms with Crippen molar-refractivity contribution < 1.29 is 14.3 Å². The lowest BCUT2D eigenvalue weighted by atomic mass is 10.3. The van der Waals surface area contributed by atoms with E-state index in [1.54, 1.807) is 25.3 Å². The van der Waals surface area contributed by atoms with E-state index in [0.29, 0.717) is 37.6 Å². The van der Waals surface area contributed by atoms with Crippen molar-refractivity contribution in [3.63, 3.8) is 0 Å². The Morgan fingerprint density at radius 2 is 2.38 bits per heavy atom. The topological polar surface area (TPSA) is 74.4 Å². The molecule has 0 bridgehead atoms. The minimum Gasteiger partial charge on any atom is -0.490 e. The summed E-state index contributed by atoms with van der Waals surface area (Å²) in [6.45, 7) is 2.62. The minimum atomic E-state index is -0.203. The maximum absolute atomic E-state index is 11.0. The van der Waals surface area contributed by atoms with E-state index < -0.39 is 0 Å². The second-order valence-electron chi connectivity index (χ2n) is 3.14. The third-order valence-electron chi connectivity index (χ3n) is 1.89. The molecule has 16 heavy (non-hydrogen) atoms. The highest BCUT2D eigenvalue weighted by molar-refractivity contribution is 5.69. The van der Waals surface area contributed by atoms with E-state index in [1.165, 1.54) is 0 Å². The lowest BCUT2D eigenvalue weighted by molar-refractivity contribution is -0.143. The summed E-state index contributed by atoms with van der Waals surface area (Å²) in [5.41, 5.74) is 5.58. The second-order valence-corrected chi connectivity index (χ2v) is 3.14. The predicted octanol–water partition coefficient (Wildman–Crippen LogP) is 1.39. The fourth-order valence-electron chi connectivity index (χ4n) is 1.16. The van der Waals surface area contributed by atoms with Crippen LogP contribution in [0.15, 0.2) is 18.3 Å². The average Bonchev–Trinajstić information content (AvgIpc) is 2.27. The van der Waals surface area contributed by atoms with Crippen LogP contribution >= 0.6 is 0 Å². The van der Waals surface area contributed by atoms with Gasteiger partial charge in [0.25, 0.3) is 0 Å². The SMILES string of the molecule is CCOC(=O)CCCOc1cccnc1N. The van der Waals surface area contributed by atoms with E-state index >= 15 is 0 Å². The van der Waals surface area contributed by atoms with E-state index in [-0.39, 0.29) is 5.97 Å². The molecule has 5 heteroatoms. The lowest BCUT2D eigenvalue weighted by Gasteiger charge is -2.07. The van der Waals surface area contributed by atoms with Gasteiger partial charge in [-0.25, -0.2) is 4.98 Å². The molecule has 1 rings (SSSR count).